The lowest BCUT2D eigenvalue weighted by molar-refractivity contribution is 0.373. The third-order valence-corrected chi connectivity index (χ3v) is 2.65. The van der Waals surface area contributed by atoms with E-state index in [1.165, 1.54) is 12.8 Å². The Kier molecular flexibility index (Phi) is 4.79. The van der Waals surface area contributed by atoms with Crippen molar-refractivity contribution >= 4 is 12.2 Å². The molecule has 0 radical (unpaired) electrons. The van der Waals surface area contributed by atoms with Crippen LogP contribution >= 0.6 is 12.2 Å². The normalized spacial score (nSPS) is 13.0. The van der Waals surface area contributed by atoms with Gasteiger partial charge in [0.2, 0.25) is 4.77 Å². The molecule has 1 aromatic rings. The quantitative estimate of drug-likeness (QED) is 0.741. The van der Waals surface area contributed by atoms with Crippen LogP contribution in [0.4, 0.5) is 0 Å². The minimum atomic E-state index is 0.447. The second-order valence-corrected chi connectivity index (χ2v) is 3.90. The van der Waals surface area contributed by atoms with Gasteiger partial charge in [0.25, 0.3) is 0 Å². The lowest BCUT2D eigenvalue weighted by Gasteiger charge is -2.15. The molecule has 0 fully saturated rings. The average molecular weight is 214 g/mol. The van der Waals surface area contributed by atoms with Gasteiger partial charge in [-0.25, -0.2) is 4.68 Å². The largest absolute Gasteiger partial charge is 0.239 e. The number of nitrogens with zero attached hydrogens (tertiary/aromatic N) is 3. The molecule has 1 unspecified atom stereocenters. The zero-order chi connectivity index (χ0) is 10.4. The van der Waals surface area contributed by atoms with E-state index in [0.717, 1.165) is 19.3 Å². The van der Waals surface area contributed by atoms with E-state index in [-0.39, 0.29) is 0 Å². The average Bonchev–Trinajstić information content (AvgIpc) is 2.59. The number of hydrogen-bond acceptors (Lipinski definition) is 3. The van der Waals surface area contributed by atoms with Gasteiger partial charge in [0, 0.05) is 0 Å². The minimum absolute atomic E-state index is 0.447. The molecule has 1 N–H and O–H groups in total. The highest BCUT2D eigenvalue weighted by Gasteiger charge is 2.11. The summed E-state index contributed by atoms with van der Waals surface area (Å²) in [6, 6.07) is 0.447. The van der Waals surface area contributed by atoms with Gasteiger partial charge in [-0.15, -0.1) is 0 Å². The molecule has 0 aliphatic rings. The Hall–Kier alpha value is -0.710. The van der Waals surface area contributed by atoms with Crippen LogP contribution in [0.3, 0.4) is 0 Å². The summed E-state index contributed by atoms with van der Waals surface area (Å²) in [4.78, 5) is 0. The van der Waals surface area contributed by atoms with E-state index < -0.39 is 0 Å². The summed E-state index contributed by atoms with van der Waals surface area (Å²) in [5.74, 6) is 0. The van der Waals surface area contributed by atoms with Crippen molar-refractivity contribution in [1.82, 2.24) is 20.2 Å². The van der Waals surface area contributed by atoms with Gasteiger partial charge in [0.05, 0.1) is 6.04 Å². The number of rotatable bonds is 6. The van der Waals surface area contributed by atoms with Crippen LogP contribution in [0.25, 0.3) is 0 Å². The molecule has 0 saturated heterocycles. The Balaban J connectivity index is 2.67. The minimum Gasteiger partial charge on any atom is -0.239 e. The van der Waals surface area contributed by atoms with Gasteiger partial charge in [0.15, 0.2) is 0 Å². The Bertz CT molecular complexity index is 304. The molecule has 0 amide bonds. The van der Waals surface area contributed by atoms with Gasteiger partial charge >= 0.3 is 0 Å². The molecule has 0 aliphatic carbocycles. The van der Waals surface area contributed by atoms with E-state index in [9.17, 15) is 0 Å². The van der Waals surface area contributed by atoms with E-state index in [0.29, 0.717) is 10.8 Å². The molecule has 0 bridgehead atoms. The highest BCUT2D eigenvalue weighted by molar-refractivity contribution is 7.71. The number of hydrogen-bond donors (Lipinski definition) is 1. The van der Waals surface area contributed by atoms with Crippen molar-refractivity contribution in [2.45, 2.75) is 52.0 Å². The molecular formula is C9H18N4S. The van der Waals surface area contributed by atoms with Crippen LogP contribution in [0.5, 0.6) is 0 Å². The van der Waals surface area contributed by atoms with Crippen molar-refractivity contribution in [1.29, 1.82) is 0 Å². The number of aromatic amines is 1. The highest BCUT2D eigenvalue weighted by atomic mass is 32.1. The zero-order valence-electron chi connectivity index (χ0n) is 8.86. The maximum absolute atomic E-state index is 5.08. The third-order valence-electron chi connectivity index (χ3n) is 2.37. The Labute approximate surface area is 89.7 Å². The summed E-state index contributed by atoms with van der Waals surface area (Å²) in [6.07, 6.45) is 5.90. The topological polar surface area (TPSA) is 46.5 Å². The maximum atomic E-state index is 5.08. The van der Waals surface area contributed by atoms with E-state index in [2.05, 4.69) is 29.4 Å². The van der Waals surface area contributed by atoms with Crippen molar-refractivity contribution in [3.63, 3.8) is 0 Å². The summed E-state index contributed by atoms with van der Waals surface area (Å²) in [7, 11) is 0. The first-order valence-corrected chi connectivity index (χ1v) is 5.70. The Morgan fingerprint density at radius 2 is 2.14 bits per heavy atom. The number of unbranched alkanes of at least 4 members (excludes halogenated alkanes) is 1. The molecule has 5 heteroatoms. The summed E-state index contributed by atoms with van der Waals surface area (Å²) >= 11 is 5.08. The number of tetrazole rings is 1. The van der Waals surface area contributed by atoms with Crippen LogP contribution in [-0.4, -0.2) is 20.2 Å². The summed E-state index contributed by atoms with van der Waals surface area (Å²) in [5.41, 5.74) is 0. The molecule has 0 spiro atoms. The number of nitrogens with one attached hydrogen (secondary N) is 1. The molecule has 1 atom stereocenters. The monoisotopic (exact) mass is 214 g/mol. The molecule has 14 heavy (non-hydrogen) atoms. The van der Waals surface area contributed by atoms with Gasteiger partial charge in [-0.3, -0.25) is 0 Å². The van der Waals surface area contributed by atoms with Gasteiger partial charge < -0.3 is 0 Å². The van der Waals surface area contributed by atoms with Gasteiger partial charge in [-0.2, -0.15) is 5.21 Å². The lowest BCUT2D eigenvalue weighted by atomic mass is 10.1. The van der Waals surface area contributed by atoms with E-state index in [1.807, 2.05) is 4.68 Å². The Morgan fingerprint density at radius 1 is 1.36 bits per heavy atom. The van der Waals surface area contributed by atoms with Crippen LogP contribution in [0.1, 0.15) is 52.0 Å². The fraction of sp³-hybridized carbons (Fsp3) is 0.889. The van der Waals surface area contributed by atoms with Gasteiger partial charge in [-0.1, -0.05) is 43.4 Å². The molecule has 0 aromatic carbocycles. The molecule has 1 heterocycles. The van der Waals surface area contributed by atoms with E-state index in [1.54, 1.807) is 0 Å². The van der Waals surface area contributed by atoms with Gasteiger partial charge in [-0.05, 0) is 25.1 Å². The Morgan fingerprint density at radius 3 is 2.64 bits per heavy atom. The molecule has 80 valence electrons. The molecule has 0 aliphatic heterocycles. The molecular weight excluding hydrogens is 196 g/mol. The summed E-state index contributed by atoms with van der Waals surface area (Å²) < 4.78 is 2.48. The van der Waals surface area contributed by atoms with Crippen molar-refractivity contribution in [2.24, 2.45) is 0 Å². The fourth-order valence-electron chi connectivity index (χ4n) is 1.62. The van der Waals surface area contributed by atoms with Crippen LogP contribution < -0.4 is 0 Å². The van der Waals surface area contributed by atoms with Crippen molar-refractivity contribution in [3.8, 4) is 0 Å². The van der Waals surface area contributed by atoms with E-state index >= 15 is 0 Å². The van der Waals surface area contributed by atoms with Crippen LogP contribution in [0.2, 0.25) is 0 Å². The first-order chi connectivity index (χ1) is 6.79. The molecule has 0 saturated carbocycles. The molecule has 1 aromatic heterocycles. The third kappa shape index (κ3) is 2.90. The molecule has 4 nitrogen and oxygen atoms in total. The summed E-state index contributed by atoms with van der Waals surface area (Å²) in [6.45, 7) is 4.39. The zero-order valence-corrected chi connectivity index (χ0v) is 9.68. The second-order valence-electron chi connectivity index (χ2n) is 3.54. The van der Waals surface area contributed by atoms with E-state index in [4.69, 9.17) is 12.2 Å². The first kappa shape index (κ1) is 11.4. The predicted molar refractivity (Wildman–Crippen MR) is 58.7 cm³/mol. The van der Waals surface area contributed by atoms with Crippen molar-refractivity contribution in [2.75, 3.05) is 0 Å². The second kappa shape index (κ2) is 5.90. The van der Waals surface area contributed by atoms with Crippen LogP contribution in [0.15, 0.2) is 0 Å². The lowest BCUT2D eigenvalue weighted by Crippen LogP contribution is -2.11. The molecule has 1 rings (SSSR count). The fourth-order valence-corrected chi connectivity index (χ4v) is 1.85. The standard InChI is InChI=1S/C9H18N4S/c1-3-5-7-8(6-4-2)13-9(14)10-11-12-13/h8H,3-7H2,1-2H3,(H,10,12,14). The van der Waals surface area contributed by atoms with Crippen molar-refractivity contribution < 1.29 is 0 Å². The van der Waals surface area contributed by atoms with Gasteiger partial charge in [0.1, 0.15) is 0 Å². The smallest absolute Gasteiger partial charge is 0.238 e. The number of H-pyrrole nitrogens is 1. The SMILES string of the molecule is CCCCC(CCC)n1[nH]nnc1=S. The van der Waals surface area contributed by atoms with Crippen LogP contribution in [-0.2, 0) is 0 Å². The van der Waals surface area contributed by atoms with Crippen molar-refractivity contribution in [3.05, 3.63) is 4.77 Å². The maximum Gasteiger partial charge on any atom is 0.238 e. The predicted octanol–water partition coefficient (Wildman–Crippen LogP) is 2.87. The highest BCUT2D eigenvalue weighted by Crippen LogP contribution is 2.19. The summed E-state index contributed by atoms with van der Waals surface area (Å²) in [5, 5.41) is 10.4. The number of aromatic nitrogens is 4. The first-order valence-electron chi connectivity index (χ1n) is 5.29. The van der Waals surface area contributed by atoms with Crippen LogP contribution in [0, 0.1) is 4.77 Å².